The Morgan fingerprint density at radius 1 is 1.47 bits per heavy atom. The molecule has 0 saturated heterocycles. The number of hydrogen-bond donors (Lipinski definition) is 2. The van der Waals surface area contributed by atoms with E-state index in [2.05, 4.69) is 28.4 Å². The zero-order chi connectivity index (χ0) is 10.8. The van der Waals surface area contributed by atoms with Crippen LogP contribution in [0.25, 0.3) is 0 Å². The van der Waals surface area contributed by atoms with Crippen LogP contribution in [0.1, 0.15) is 17.0 Å². The SMILES string of the molecule is Cc1nn(C)c(C)c1NCc1cc[nH]c1. The zero-order valence-electron chi connectivity index (χ0n) is 9.33. The first-order valence-corrected chi connectivity index (χ1v) is 5.04. The smallest absolute Gasteiger partial charge is 0.0827 e. The monoisotopic (exact) mass is 204 g/mol. The summed E-state index contributed by atoms with van der Waals surface area (Å²) in [5.74, 6) is 0. The number of nitrogens with one attached hydrogen (secondary N) is 2. The van der Waals surface area contributed by atoms with E-state index in [9.17, 15) is 0 Å². The van der Waals surface area contributed by atoms with E-state index in [0.717, 1.165) is 17.9 Å². The number of anilines is 1. The second-order valence-corrected chi connectivity index (χ2v) is 3.74. The molecule has 4 nitrogen and oxygen atoms in total. The zero-order valence-corrected chi connectivity index (χ0v) is 9.33. The van der Waals surface area contributed by atoms with Crippen LogP contribution < -0.4 is 5.32 Å². The van der Waals surface area contributed by atoms with Crippen LogP contribution in [-0.2, 0) is 13.6 Å². The molecule has 15 heavy (non-hydrogen) atoms. The Hall–Kier alpha value is -1.71. The van der Waals surface area contributed by atoms with Gasteiger partial charge in [-0.15, -0.1) is 0 Å². The standard InChI is InChI=1S/C11H16N4/c1-8-11(9(2)15(3)14-8)13-7-10-4-5-12-6-10/h4-6,12-13H,7H2,1-3H3. The molecule has 0 aliphatic heterocycles. The summed E-state index contributed by atoms with van der Waals surface area (Å²) in [6.45, 7) is 4.92. The molecule has 0 fully saturated rings. The Morgan fingerprint density at radius 3 is 2.80 bits per heavy atom. The van der Waals surface area contributed by atoms with Gasteiger partial charge in [-0.1, -0.05) is 0 Å². The number of aromatic nitrogens is 3. The lowest BCUT2D eigenvalue weighted by Crippen LogP contribution is -2.00. The summed E-state index contributed by atoms with van der Waals surface area (Å²) in [6, 6.07) is 2.06. The largest absolute Gasteiger partial charge is 0.378 e. The van der Waals surface area contributed by atoms with Crippen LogP contribution in [0, 0.1) is 13.8 Å². The van der Waals surface area contributed by atoms with Crippen molar-refractivity contribution < 1.29 is 0 Å². The van der Waals surface area contributed by atoms with Crippen LogP contribution >= 0.6 is 0 Å². The molecule has 2 aromatic heterocycles. The normalized spacial score (nSPS) is 10.6. The first-order chi connectivity index (χ1) is 7.18. The van der Waals surface area contributed by atoms with Crippen molar-refractivity contribution >= 4 is 5.69 Å². The molecular formula is C11H16N4. The van der Waals surface area contributed by atoms with E-state index in [0.29, 0.717) is 0 Å². The van der Waals surface area contributed by atoms with Gasteiger partial charge in [0.2, 0.25) is 0 Å². The Bertz CT molecular complexity index is 439. The molecule has 0 spiro atoms. The van der Waals surface area contributed by atoms with Crippen molar-refractivity contribution in [3.63, 3.8) is 0 Å². The summed E-state index contributed by atoms with van der Waals surface area (Å²) < 4.78 is 1.90. The third-order valence-corrected chi connectivity index (χ3v) is 2.64. The summed E-state index contributed by atoms with van der Waals surface area (Å²) >= 11 is 0. The fourth-order valence-electron chi connectivity index (χ4n) is 1.69. The number of H-pyrrole nitrogens is 1. The Labute approximate surface area is 89.3 Å². The van der Waals surface area contributed by atoms with Gasteiger partial charge in [-0.3, -0.25) is 4.68 Å². The van der Waals surface area contributed by atoms with E-state index in [4.69, 9.17) is 0 Å². The maximum absolute atomic E-state index is 4.36. The van der Waals surface area contributed by atoms with E-state index in [1.165, 1.54) is 11.3 Å². The maximum atomic E-state index is 4.36. The molecule has 0 aliphatic carbocycles. The molecule has 0 saturated carbocycles. The highest BCUT2D eigenvalue weighted by molar-refractivity contribution is 5.52. The molecule has 2 heterocycles. The van der Waals surface area contributed by atoms with Gasteiger partial charge in [0.1, 0.15) is 0 Å². The highest BCUT2D eigenvalue weighted by atomic mass is 15.3. The number of nitrogens with zero attached hydrogens (tertiary/aromatic N) is 2. The van der Waals surface area contributed by atoms with E-state index in [-0.39, 0.29) is 0 Å². The summed E-state index contributed by atoms with van der Waals surface area (Å²) in [7, 11) is 1.96. The molecule has 0 radical (unpaired) electrons. The van der Waals surface area contributed by atoms with Gasteiger partial charge in [-0.2, -0.15) is 5.10 Å². The van der Waals surface area contributed by atoms with Gasteiger partial charge < -0.3 is 10.3 Å². The van der Waals surface area contributed by atoms with Crippen molar-refractivity contribution in [1.82, 2.24) is 14.8 Å². The maximum Gasteiger partial charge on any atom is 0.0827 e. The summed E-state index contributed by atoms with van der Waals surface area (Å²) in [5.41, 5.74) is 4.60. The van der Waals surface area contributed by atoms with Crippen molar-refractivity contribution in [1.29, 1.82) is 0 Å². The molecular weight excluding hydrogens is 188 g/mol. The predicted octanol–water partition coefficient (Wildman–Crippen LogP) is 1.98. The number of rotatable bonds is 3. The van der Waals surface area contributed by atoms with E-state index < -0.39 is 0 Å². The van der Waals surface area contributed by atoms with Crippen LogP contribution in [-0.4, -0.2) is 14.8 Å². The minimum atomic E-state index is 0.830. The fourth-order valence-corrected chi connectivity index (χ4v) is 1.69. The van der Waals surface area contributed by atoms with Gasteiger partial charge in [-0.25, -0.2) is 0 Å². The molecule has 2 N–H and O–H groups in total. The first-order valence-electron chi connectivity index (χ1n) is 5.04. The number of aryl methyl sites for hydroxylation is 2. The second-order valence-electron chi connectivity index (χ2n) is 3.74. The molecule has 0 aliphatic rings. The Morgan fingerprint density at radius 2 is 2.27 bits per heavy atom. The van der Waals surface area contributed by atoms with Crippen LogP contribution in [0.3, 0.4) is 0 Å². The number of hydrogen-bond acceptors (Lipinski definition) is 2. The minimum Gasteiger partial charge on any atom is -0.378 e. The van der Waals surface area contributed by atoms with E-state index >= 15 is 0 Å². The van der Waals surface area contributed by atoms with Crippen LogP contribution in [0.4, 0.5) is 5.69 Å². The van der Waals surface area contributed by atoms with Gasteiger partial charge >= 0.3 is 0 Å². The minimum absolute atomic E-state index is 0.830. The summed E-state index contributed by atoms with van der Waals surface area (Å²) in [5, 5.41) is 7.76. The molecule has 80 valence electrons. The van der Waals surface area contributed by atoms with Gasteiger partial charge in [0.05, 0.1) is 17.1 Å². The Kier molecular flexibility index (Phi) is 2.49. The lowest BCUT2D eigenvalue weighted by Gasteiger charge is -2.04. The van der Waals surface area contributed by atoms with E-state index in [1.54, 1.807) is 0 Å². The highest BCUT2D eigenvalue weighted by Crippen LogP contribution is 2.18. The molecule has 0 atom stereocenters. The topological polar surface area (TPSA) is 45.6 Å². The molecule has 2 aromatic rings. The summed E-state index contributed by atoms with van der Waals surface area (Å²) in [6.07, 6.45) is 3.92. The molecule has 0 bridgehead atoms. The lowest BCUT2D eigenvalue weighted by molar-refractivity contribution is 0.731. The second kappa shape index (κ2) is 3.81. The van der Waals surface area contributed by atoms with Crippen molar-refractivity contribution in [2.24, 2.45) is 7.05 Å². The van der Waals surface area contributed by atoms with Crippen LogP contribution in [0.15, 0.2) is 18.5 Å². The molecule has 2 rings (SSSR count). The van der Waals surface area contributed by atoms with Crippen LogP contribution in [0.5, 0.6) is 0 Å². The van der Waals surface area contributed by atoms with E-state index in [1.807, 2.05) is 31.0 Å². The third kappa shape index (κ3) is 1.88. The lowest BCUT2D eigenvalue weighted by atomic mass is 10.3. The molecule has 4 heteroatoms. The van der Waals surface area contributed by atoms with Crippen molar-refractivity contribution in [2.75, 3.05) is 5.32 Å². The fraction of sp³-hybridized carbons (Fsp3) is 0.364. The van der Waals surface area contributed by atoms with Gasteiger partial charge in [0.25, 0.3) is 0 Å². The molecule has 0 unspecified atom stereocenters. The van der Waals surface area contributed by atoms with Gasteiger partial charge in [0.15, 0.2) is 0 Å². The first kappa shape index (κ1) is 9.83. The average molecular weight is 204 g/mol. The highest BCUT2D eigenvalue weighted by Gasteiger charge is 2.08. The number of aromatic amines is 1. The predicted molar refractivity (Wildman–Crippen MR) is 60.8 cm³/mol. The van der Waals surface area contributed by atoms with Gasteiger partial charge in [-0.05, 0) is 25.5 Å². The van der Waals surface area contributed by atoms with Crippen molar-refractivity contribution in [3.8, 4) is 0 Å². The molecule has 0 aromatic carbocycles. The van der Waals surface area contributed by atoms with Crippen molar-refractivity contribution in [3.05, 3.63) is 35.4 Å². The van der Waals surface area contributed by atoms with Crippen molar-refractivity contribution in [2.45, 2.75) is 20.4 Å². The molecule has 0 amide bonds. The van der Waals surface area contributed by atoms with Gasteiger partial charge in [0, 0.05) is 26.0 Å². The quantitative estimate of drug-likeness (QED) is 0.803. The third-order valence-electron chi connectivity index (χ3n) is 2.64. The average Bonchev–Trinajstić information content (AvgIpc) is 2.76. The Balaban J connectivity index is 2.11. The summed E-state index contributed by atoms with van der Waals surface area (Å²) in [4.78, 5) is 3.04. The van der Waals surface area contributed by atoms with Crippen LogP contribution in [0.2, 0.25) is 0 Å².